The van der Waals surface area contributed by atoms with Crippen molar-refractivity contribution in [3.8, 4) is 0 Å². The summed E-state index contributed by atoms with van der Waals surface area (Å²) in [7, 11) is 0. The summed E-state index contributed by atoms with van der Waals surface area (Å²) in [5.41, 5.74) is 0.962. The quantitative estimate of drug-likeness (QED) is 0.467. The molecule has 0 radical (unpaired) electrons. The molecule has 0 spiro atoms. The number of hydrogen-bond donors (Lipinski definition) is 1. The molecule has 0 heterocycles. The SMILES string of the molecule is C/C(=C/C(=O)O)c1cccc([N+](=O)[O-])c1. The van der Waals surface area contributed by atoms with Gasteiger partial charge in [0.05, 0.1) is 4.92 Å². The van der Waals surface area contributed by atoms with Crippen molar-refractivity contribution < 1.29 is 14.8 Å². The zero-order valence-electron chi connectivity index (χ0n) is 8.01. The van der Waals surface area contributed by atoms with Crippen molar-refractivity contribution in [1.29, 1.82) is 0 Å². The Morgan fingerprint density at radius 1 is 1.53 bits per heavy atom. The van der Waals surface area contributed by atoms with E-state index in [9.17, 15) is 14.9 Å². The first-order valence-corrected chi connectivity index (χ1v) is 4.17. The number of nitrogens with zero attached hydrogens (tertiary/aromatic N) is 1. The van der Waals surface area contributed by atoms with Gasteiger partial charge in [-0.3, -0.25) is 10.1 Å². The van der Waals surface area contributed by atoms with Crippen LogP contribution in [0.25, 0.3) is 5.57 Å². The highest BCUT2D eigenvalue weighted by Crippen LogP contribution is 2.19. The third-order valence-electron chi connectivity index (χ3n) is 1.85. The van der Waals surface area contributed by atoms with Crippen LogP contribution >= 0.6 is 0 Å². The lowest BCUT2D eigenvalue weighted by molar-refractivity contribution is -0.384. The summed E-state index contributed by atoms with van der Waals surface area (Å²) in [6.45, 7) is 1.59. The van der Waals surface area contributed by atoms with Crippen LogP contribution in [0.5, 0.6) is 0 Å². The fourth-order valence-corrected chi connectivity index (χ4v) is 1.13. The molecule has 0 aliphatic rings. The van der Waals surface area contributed by atoms with E-state index in [4.69, 9.17) is 5.11 Å². The van der Waals surface area contributed by atoms with E-state index < -0.39 is 10.9 Å². The van der Waals surface area contributed by atoms with Crippen molar-refractivity contribution in [2.75, 3.05) is 0 Å². The van der Waals surface area contributed by atoms with Crippen LogP contribution in [0.3, 0.4) is 0 Å². The molecular weight excluding hydrogens is 198 g/mol. The van der Waals surface area contributed by atoms with E-state index in [2.05, 4.69) is 0 Å². The molecule has 0 atom stereocenters. The molecule has 0 aromatic heterocycles. The van der Waals surface area contributed by atoms with Crippen molar-refractivity contribution in [2.45, 2.75) is 6.92 Å². The summed E-state index contributed by atoms with van der Waals surface area (Å²) in [6.07, 6.45) is 1.01. The van der Waals surface area contributed by atoms with Crippen molar-refractivity contribution in [3.63, 3.8) is 0 Å². The van der Waals surface area contributed by atoms with Crippen LogP contribution in [0.1, 0.15) is 12.5 Å². The monoisotopic (exact) mass is 207 g/mol. The maximum Gasteiger partial charge on any atom is 0.328 e. The van der Waals surface area contributed by atoms with E-state index in [0.29, 0.717) is 11.1 Å². The molecule has 15 heavy (non-hydrogen) atoms. The molecule has 0 aliphatic heterocycles. The number of carbonyl (C=O) groups is 1. The number of rotatable bonds is 3. The summed E-state index contributed by atoms with van der Waals surface area (Å²) in [4.78, 5) is 20.3. The van der Waals surface area contributed by atoms with Crippen LogP contribution in [0.15, 0.2) is 30.3 Å². The second kappa shape index (κ2) is 4.36. The number of benzene rings is 1. The maximum absolute atomic E-state index is 10.5. The molecule has 0 amide bonds. The summed E-state index contributed by atoms with van der Waals surface area (Å²) in [5, 5.41) is 19.0. The average Bonchev–Trinajstić information content (AvgIpc) is 2.17. The number of nitro benzene ring substituents is 1. The number of non-ortho nitro benzene ring substituents is 1. The highest BCUT2D eigenvalue weighted by molar-refractivity contribution is 5.89. The lowest BCUT2D eigenvalue weighted by Gasteiger charge is -1.99. The first kappa shape index (κ1) is 10.9. The maximum atomic E-state index is 10.5. The third-order valence-corrected chi connectivity index (χ3v) is 1.85. The van der Waals surface area contributed by atoms with Crippen molar-refractivity contribution >= 4 is 17.2 Å². The molecule has 0 saturated carbocycles. The summed E-state index contributed by atoms with van der Waals surface area (Å²) in [5.74, 6) is -1.07. The molecule has 0 fully saturated rings. The van der Waals surface area contributed by atoms with Crippen molar-refractivity contribution in [3.05, 3.63) is 46.0 Å². The second-order valence-corrected chi connectivity index (χ2v) is 2.97. The highest BCUT2D eigenvalue weighted by Gasteiger charge is 2.06. The van der Waals surface area contributed by atoms with Crippen LogP contribution in [0, 0.1) is 10.1 Å². The largest absolute Gasteiger partial charge is 0.478 e. The van der Waals surface area contributed by atoms with Gasteiger partial charge < -0.3 is 5.11 Å². The number of carboxylic acids is 1. The fraction of sp³-hybridized carbons (Fsp3) is 0.100. The van der Waals surface area contributed by atoms with Crippen LogP contribution in [-0.2, 0) is 4.79 Å². The Morgan fingerprint density at radius 3 is 2.73 bits per heavy atom. The fourth-order valence-electron chi connectivity index (χ4n) is 1.13. The van der Waals surface area contributed by atoms with Crippen LogP contribution in [0.2, 0.25) is 0 Å². The van der Waals surface area contributed by atoms with Crippen LogP contribution < -0.4 is 0 Å². The van der Waals surface area contributed by atoms with Crippen molar-refractivity contribution in [2.24, 2.45) is 0 Å². The standard InChI is InChI=1S/C10H9NO4/c1-7(5-10(12)13)8-3-2-4-9(6-8)11(14)15/h2-6H,1H3,(H,12,13)/b7-5-. The highest BCUT2D eigenvalue weighted by atomic mass is 16.6. The Morgan fingerprint density at radius 2 is 2.20 bits per heavy atom. The molecule has 1 aromatic rings. The number of aliphatic carboxylic acids is 1. The van der Waals surface area contributed by atoms with Gasteiger partial charge in [-0.05, 0) is 18.1 Å². The minimum absolute atomic E-state index is 0.0503. The number of allylic oxidation sites excluding steroid dienone is 1. The normalized spacial score (nSPS) is 11.1. The Hall–Kier alpha value is -2.17. The van der Waals surface area contributed by atoms with E-state index in [1.807, 2.05) is 0 Å². The molecule has 1 aromatic carbocycles. The van der Waals surface area contributed by atoms with Gasteiger partial charge in [-0.25, -0.2) is 4.79 Å². The molecule has 1 N–H and O–H groups in total. The predicted molar refractivity (Wildman–Crippen MR) is 54.4 cm³/mol. The van der Waals surface area contributed by atoms with E-state index >= 15 is 0 Å². The molecule has 0 bridgehead atoms. The van der Waals surface area contributed by atoms with E-state index in [0.717, 1.165) is 6.08 Å². The summed E-state index contributed by atoms with van der Waals surface area (Å²) < 4.78 is 0. The van der Waals surface area contributed by atoms with Gasteiger partial charge in [0.1, 0.15) is 0 Å². The second-order valence-electron chi connectivity index (χ2n) is 2.97. The predicted octanol–water partition coefficient (Wildman–Crippen LogP) is 2.08. The van der Waals surface area contributed by atoms with Gasteiger partial charge in [-0.15, -0.1) is 0 Å². The molecule has 1 rings (SSSR count). The van der Waals surface area contributed by atoms with Gasteiger partial charge >= 0.3 is 5.97 Å². The molecule has 5 heteroatoms. The van der Waals surface area contributed by atoms with E-state index in [1.54, 1.807) is 13.0 Å². The van der Waals surface area contributed by atoms with Gasteiger partial charge in [0.15, 0.2) is 0 Å². The number of nitro groups is 1. The molecule has 5 nitrogen and oxygen atoms in total. The number of carboxylic acid groups (broad SMARTS) is 1. The van der Waals surface area contributed by atoms with Gasteiger partial charge in [-0.1, -0.05) is 12.1 Å². The zero-order chi connectivity index (χ0) is 11.4. The Kier molecular flexibility index (Phi) is 3.17. The topological polar surface area (TPSA) is 80.4 Å². The van der Waals surface area contributed by atoms with Gasteiger partial charge in [-0.2, -0.15) is 0 Å². The zero-order valence-corrected chi connectivity index (χ0v) is 8.01. The molecule has 0 aliphatic carbocycles. The lowest BCUT2D eigenvalue weighted by atomic mass is 10.1. The molecule has 0 saturated heterocycles. The average molecular weight is 207 g/mol. The van der Waals surface area contributed by atoms with E-state index in [-0.39, 0.29) is 5.69 Å². The summed E-state index contributed by atoms with van der Waals surface area (Å²) >= 11 is 0. The number of hydrogen-bond acceptors (Lipinski definition) is 3. The van der Waals surface area contributed by atoms with E-state index in [1.165, 1.54) is 18.2 Å². The molecular formula is C10H9NO4. The van der Waals surface area contributed by atoms with Crippen LogP contribution in [-0.4, -0.2) is 16.0 Å². The first-order chi connectivity index (χ1) is 7.00. The van der Waals surface area contributed by atoms with Crippen LogP contribution in [0.4, 0.5) is 5.69 Å². The van der Waals surface area contributed by atoms with Gasteiger partial charge in [0.25, 0.3) is 5.69 Å². The lowest BCUT2D eigenvalue weighted by Crippen LogP contribution is -1.92. The smallest absolute Gasteiger partial charge is 0.328 e. The minimum atomic E-state index is -1.07. The Balaban J connectivity index is 3.11. The molecule has 0 unspecified atom stereocenters. The Labute approximate surface area is 85.8 Å². The third kappa shape index (κ3) is 2.91. The van der Waals surface area contributed by atoms with Gasteiger partial charge in [0.2, 0.25) is 0 Å². The molecule has 78 valence electrons. The minimum Gasteiger partial charge on any atom is -0.478 e. The summed E-state index contributed by atoms with van der Waals surface area (Å²) in [6, 6.07) is 5.85. The first-order valence-electron chi connectivity index (χ1n) is 4.17. The van der Waals surface area contributed by atoms with Crippen molar-refractivity contribution in [1.82, 2.24) is 0 Å². The van der Waals surface area contributed by atoms with Gasteiger partial charge in [0, 0.05) is 18.2 Å². The Bertz CT molecular complexity index is 437.